The van der Waals surface area contributed by atoms with Gasteiger partial charge in [-0.2, -0.15) is 0 Å². The van der Waals surface area contributed by atoms with Crippen LogP contribution in [0.15, 0.2) is 0 Å². The minimum absolute atomic E-state index is 0.245. The van der Waals surface area contributed by atoms with Gasteiger partial charge in [-0.3, -0.25) is 9.69 Å². The van der Waals surface area contributed by atoms with Crippen LogP contribution < -0.4 is 11.1 Å². The molecule has 1 aliphatic heterocycles. The van der Waals surface area contributed by atoms with Crippen molar-refractivity contribution in [1.29, 1.82) is 0 Å². The summed E-state index contributed by atoms with van der Waals surface area (Å²) in [4.78, 5) is 16.4. The van der Waals surface area contributed by atoms with Crippen LogP contribution in [0.25, 0.3) is 0 Å². The summed E-state index contributed by atoms with van der Waals surface area (Å²) in [5.74, 6) is -0.245. The minimum Gasteiger partial charge on any atom is -0.368 e. The summed E-state index contributed by atoms with van der Waals surface area (Å²) >= 11 is 0. The topological polar surface area (TPSA) is 61.6 Å². The Balaban J connectivity index is 2.40. The van der Waals surface area contributed by atoms with Crippen molar-refractivity contribution in [3.63, 3.8) is 0 Å². The molecule has 0 aromatic heterocycles. The number of rotatable bonds is 9. The monoisotopic (exact) mass is 284 g/mol. The molecule has 0 aromatic carbocycles. The van der Waals surface area contributed by atoms with Gasteiger partial charge in [0.05, 0.1) is 5.54 Å². The maximum atomic E-state index is 11.6. The van der Waals surface area contributed by atoms with Crippen LogP contribution in [0.4, 0.5) is 0 Å². The Morgan fingerprint density at radius 1 is 1.50 bits per heavy atom. The number of nitrogens with two attached hydrogens (primary N) is 1. The Hall–Kier alpha value is -0.650. The number of likely N-dealkylation sites (tertiary alicyclic amines) is 1. The van der Waals surface area contributed by atoms with Crippen LogP contribution in [-0.2, 0) is 4.79 Å². The number of carbonyl (C=O) groups excluding carboxylic acids is 1. The fraction of sp³-hybridized carbons (Fsp3) is 0.933. The summed E-state index contributed by atoms with van der Waals surface area (Å²) in [5.41, 5.74) is 4.96. The van der Waals surface area contributed by atoms with Gasteiger partial charge in [0, 0.05) is 12.6 Å². The highest BCUT2D eigenvalue weighted by atomic mass is 16.1. The van der Waals surface area contributed by atoms with Crippen molar-refractivity contribution >= 4 is 5.91 Å². The van der Waals surface area contributed by atoms with E-state index < -0.39 is 5.54 Å². The fourth-order valence-electron chi connectivity index (χ4n) is 3.14. The molecule has 0 radical (unpaired) electrons. The number of amides is 1. The van der Waals surface area contributed by atoms with Crippen molar-refractivity contribution in [1.82, 2.24) is 15.1 Å². The zero-order chi connectivity index (χ0) is 15.2. The lowest BCUT2D eigenvalue weighted by atomic mass is 9.94. The van der Waals surface area contributed by atoms with E-state index in [9.17, 15) is 4.79 Å². The smallest absolute Gasteiger partial charge is 0.237 e. The standard InChI is InChI=1S/C15H32N4O/c1-5-17-15(2,14(16)20)9-7-11-19-10-6-8-13(19)12-18(3)4/h13,17H,5-12H2,1-4H3,(H2,16,20). The molecule has 2 unspecified atom stereocenters. The molecule has 0 saturated carbocycles. The van der Waals surface area contributed by atoms with E-state index >= 15 is 0 Å². The molecule has 20 heavy (non-hydrogen) atoms. The van der Waals surface area contributed by atoms with Crippen LogP contribution in [0, 0.1) is 0 Å². The van der Waals surface area contributed by atoms with Gasteiger partial charge in [-0.1, -0.05) is 6.92 Å². The lowest BCUT2D eigenvalue weighted by molar-refractivity contribution is -0.124. The van der Waals surface area contributed by atoms with Crippen molar-refractivity contribution in [3.05, 3.63) is 0 Å². The van der Waals surface area contributed by atoms with Crippen LogP contribution in [0.5, 0.6) is 0 Å². The molecule has 0 bridgehead atoms. The van der Waals surface area contributed by atoms with Crippen molar-refractivity contribution in [3.8, 4) is 0 Å². The third-order valence-corrected chi connectivity index (χ3v) is 4.31. The second-order valence-electron chi connectivity index (χ2n) is 6.42. The summed E-state index contributed by atoms with van der Waals surface area (Å²) in [5, 5.41) is 3.23. The molecular weight excluding hydrogens is 252 g/mol. The Labute approximate surface area is 123 Å². The zero-order valence-electron chi connectivity index (χ0n) is 13.6. The summed E-state index contributed by atoms with van der Waals surface area (Å²) in [6.07, 6.45) is 4.40. The number of carbonyl (C=O) groups is 1. The van der Waals surface area contributed by atoms with Crippen LogP contribution in [0.2, 0.25) is 0 Å². The number of hydrogen-bond donors (Lipinski definition) is 2. The Kier molecular flexibility index (Phi) is 6.92. The van der Waals surface area contributed by atoms with Crippen LogP contribution in [0.1, 0.15) is 39.5 Å². The molecule has 1 saturated heterocycles. The van der Waals surface area contributed by atoms with Crippen molar-refractivity contribution < 1.29 is 4.79 Å². The maximum absolute atomic E-state index is 11.6. The average molecular weight is 284 g/mol. The first-order chi connectivity index (χ1) is 9.39. The van der Waals surface area contributed by atoms with Gasteiger partial charge in [0.25, 0.3) is 0 Å². The lowest BCUT2D eigenvalue weighted by Gasteiger charge is -2.30. The SMILES string of the molecule is CCNC(C)(CCCN1CCCC1CN(C)C)C(N)=O. The first-order valence-corrected chi connectivity index (χ1v) is 7.82. The van der Waals surface area contributed by atoms with E-state index in [-0.39, 0.29) is 5.91 Å². The molecule has 1 amide bonds. The quantitative estimate of drug-likeness (QED) is 0.652. The molecule has 1 rings (SSSR count). The number of nitrogens with zero attached hydrogens (tertiary/aromatic N) is 2. The normalized spacial score (nSPS) is 23.1. The molecule has 1 heterocycles. The number of primary amides is 1. The Morgan fingerprint density at radius 2 is 2.20 bits per heavy atom. The van der Waals surface area contributed by atoms with E-state index in [0.29, 0.717) is 6.04 Å². The molecule has 5 heteroatoms. The molecular formula is C15H32N4O. The van der Waals surface area contributed by atoms with Gasteiger partial charge in [0.2, 0.25) is 5.91 Å². The molecule has 1 fully saturated rings. The number of nitrogens with one attached hydrogen (secondary N) is 1. The first kappa shape index (κ1) is 17.4. The van der Waals surface area contributed by atoms with Gasteiger partial charge in [0.1, 0.15) is 0 Å². The second-order valence-corrected chi connectivity index (χ2v) is 6.42. The highest BCUT2D eigenvalue weighted by Crippen LogP contribution is 2.20. The third-order valence-electron chi connectivity index (χ3n) is 4.31. The largest absolute Gasteiger partial charge is 0.368 e. The molecule has 0 aliphatic carbocycles. The molecule has 0 aromatic rings. The Morgan fingerprint density at radius 3 is 2.75 bits per heavy atom. The van der Waals surface area contributed by atoms with Crippen molar-refractivity contribution in [2.75, 3.05) is 40.3 Å². The second kappa shape index (κ2) is 7.96. The highest BCUT2D eigenvalue weighted by molar-refractivity contribution is 5.84. The number of hydrogen-bond acceptors (Lipinski definition) is 4. The molecule has 5 nitrogen and oxygen atoms in total. The van der Waals surface area contributed by atoms with Crippen LogP contribution in [-0.4, -0.2) is 67.6 Å². The van der Waals surface area contributed by atoms with E-state index in [1.807, 2.05) is 13.8 Å². The maximum Gasteiger partial charge on any atom is 0.237 e. The van der Waals surface area contributed by atoms with E-state index in [2.05, 4.69) is 29.2 Å². The minimum atomic E-state index is -0.564. The lowest BCUT2D eigenvalue weighted by Crippen LogP contribution is -2.53. The van der Waals surface area contributed by atoms with Gasteiger partial charge < -0.3 is 16.0 Å². The summed E-state index contributed by atoms with van der Waals surface area (Å²) in [6.45, 7) is 8.07. The van der Waals surface area contributed by atoms with E-state index in [1.165, 1.54) is 19.4 Å². The van der Waals surface area contributed by atoms with Crippen LogP contribution in [0.3, 0.4) is 0 Å². The molecule has 3 N–H and O–H groups in total. The van der Waals surface area contributed by atoms with Crippen molar-refractivity contribution in [2.45, 2.75) is 51.1 Å². The van der Waals surface area contributed by atoms with Crippen LogP contribution >= 0.6 is 0 Å². The third kappa shape index (κ3) is 5.04. The average Bonchev–Trinajstić information content (AvgIpc) is 2.76. The Bertz CT molecular complexity index is 308. The number of likely N-dealkylation sites (N-methyl/N-ethyl adjacent to an activating group) is 2. The van der Waals surface area contributed by atoms with E-state index in [1.54, 1.807) is 0 Å². The fourth-order valence-corrected chi connectivity index (χ4v) is 3.14. The molecule has 2 atom stereocenters. The van der Waals surface area contributed by atoms with Gasteiger partial charge in [0.15, 0.2) is 0 Å². The predicted octanol–water partition coefficient (Wildman–Crippen LogP) is 0.646. The van der Waals surface area contributed by atoms with Gasteiger partial charge in [-0.15, -0.1) is 0 Å². The highest BCUT2D eigenvalue weighted by Gasteiger charge is 2.30. The first-order valence-electron chi connectivity index (χ1n) is 7.82. The van der Waals surface area contributed by atoms with Crippen molar-refractivity contribution in [2.24, 2.45) is 5.73 Å². The van der Waals surface area contributed by atoms with Gasteiger partial charge in [-0.05, 0) is 66.3 Å². The molecule has 118 valence electrons. The van der Waals surface area contributed by atoms with Gasteiger partial charge in [-0.25, -0.2) is 0 Å². The predicted molar refractivity (Wildman–Crippen MR) is 83.7 cm³/mol. The summed E-state index contributed by atoms with van der Waals surface area (Å²) in [7, 11) is 4.26. The van der Waals surface area contributed by atoms with E-state index in [4.69, 9.17) is 5.73 Å². The summed E-state index contributed by atoms with van der Waals surface area (Å²) < 4.78 is 0. The van der Waals surface area contributed by atoms with E-state index in [0.717, 1.165) is 32.5 Å². The van der Waals surface area contributed by atoms with Gasteiger partial charge >= 0.3 is 0 Å². The summed E-state index contributed by atoms with van der Waals surface area (Å²) in [6, 6.07) is 0.670. The zero-order valence-corrected chi connectivity index (χ0v) is 13.6. The molecule has 0 spiro atoms. The molecule has 1 aliphatic rings.